The summed E-state index contributed by atoms with van der Waals surface area (Å²) in [5, 5.41) is 13.8. The molecule has 4 aromatic heterocycles. The number of hydrogen-bond acceptors (Lipinski definition) is 8. The number of nitrogens with zero attached hydrogens (tertiary/aromatic N) is 6. The molecule has 5 heterocycles. The van der Waals surface area contributed by atoms with E-state index in [2.05, 4.69) is 26.6 Å². The molecule has 176 valence electrons. The lowest BCUT2D eigenvalue weighted by atomic mass is 10.1. The zero-order valence-electron chi connectivity index (χ0n) is 19.0. The van der Waals surface area contributed by atoms with E-state index in [1.165, 1.54) is 4.88 Å². The number of nitrogens with one attached hydrogen (secondary N) is 1. The minimum Gasteiger partial charge on any atom is -0.360 e. The average Bonchev–Trinajstić information content (AvgIpc) is 3.56. The first-order valence-corrected chi connectivity index (χ1v) is 11.9. The first-order chi connectivity index (χ1) is 16.5. The van der Waals surface area contributed by atoms with Crippen molar-refractivity contribution in [2.45, 2.75) is 20.4 Å². The fourth-order valence-electron chi connectivity index (χ4n) is 4.11. The Kier molecular flexibility index (Phi) is 6.12. The van der Waals surface area contributed by atoms with Crippen molar-refractivity contribution in [2.75, 3.05) is 38.0 Å². The standard InChI is InChI=1S/C23H25N7O3S/c1-15-10-18(19-12-24-30(22(19)25-15)13-17-4-3-9-34-17)23(32)29-7-5-28(6-8-29)14-21(31)26-20-11-16(2)33-27-20/h3-4,9-12H,5-8,13-14H2,1-2H3,(H,26,27,31). The lowest BCUT2D eigenvalue weighted by molar-refractivity contribution is -0.117. The van der Waals surface area contributed by atoms with Crippen molar-refractivity contribution in [1.29, 1.82) is 0 Å². The molecule has 1 fully saturated rings. The number of piperazine rings is 1. The van der Waals surface area contributed by atoms with Gasteiger partial charge in [-0.25, -0.2) is 9.67 Å². The molecular formula is C23H25N7O3S. The monoisotopic (exact) mass is 479 g/mol. The Morgan fingerprint density at radius 3 is 2.71 bits per heavy atom. The van der Waals surface area contributed by atoms with Gasteiger partial charge in [0.2, 0.25) is 5.91 Å². The summed E-state index contributed by atoms with van der Waals surface area (Å²) in [7, 11) is 0. The van der Waals surface area contributed by atoms with Crippen LogP contribution in [-0.4, -0.2) is 74.3 Å². The number of thiophene rings is 1. The molecule has 10 nitrogen and oxygen atoms in total. The van der Waals surface area contributed by atoms with Crippen molar-refractivity contribution in [3.05, 3.63) is 57.7 Å². The Bertz CT molecular complexity index is 1320. The van der Waals surface area contributed by atoms with Crippen molar-refractivity contribution in [2.24, 2.45) is 0 Å². The van der Waals surface area contributed by atoms with Crippen molar-refractivity contribution in [3.8, 4) is 0 Å². The topological polar surface area (TPSA) is 109 Å². The highest BCUT2D eigenvalue weighted by atomic mass is 32.1. The van der Waals surface area contributed by atoms with Crippen LogP contribution in [0.2, 0.25) is 0 Å². The van der Waals surface area contributed by atoms with E-state index in [9.17, 15) is 9.59 Å². The normalized spacial score (nSPS) is 14.6. The van der Waals surface area contributed by atoms with E-state index in [0.717, 1.165) is 16.7 Å². The van der Waals surface area contributed by atoms with Gasteiger partial charge in [0.05, 0.1) is 30.2 Å². The quantitative estimate of drug-likeness (QED) is 0.453. The SMILES string of the molecule is Cc1cc(C(=O)N2CCN(CC(=O)Nc3cc(C)on3)CC2)c2cnn(Cc3cccs3)c2n1. The molecule has 0 unspecified atom stereocenters. The van der Waals surface area contributed by atoms with Crippen LogP contribution >= 0.6 is 11.3 Å². The maximum Gasteiger partial charge on any atom is 0.254 e. The van der Waals surface area contributed by atoms with Crippen LogP contribution in [0.3, 0.4) is 0 Å². The zero-order chi connectivity index (χ0) is 23.7. The molecule has 34 heavy (non-hydrogen) atoms. The second-order valence-corrected chi connectivity index (χ2v) is 9.40. The van der Waals surface area contributed by atoms with E-state index >= 15 is 0 Å². The molecule has 0 saturated carbocycles. The molecular weight excluding hydrogens is 454 g/mol. The van der Waals surface area contributed by atoms with Crippen LogP contribution in [-0.2, 0) is 11.3 Å². The summed E-state index contributed by atoms with van der Waals surface area (Å²) >= 11 is 1.67. The Hall–Kier alpha value is -3.57. The lowest BCUT2D eigenvalue weighted by Crippen LogP contribution is -2.50. The molecule has 1 N–H and O–H groups in total. The lowest BCUT2D eigenvalue weighted by Gasteiger charge is -2.34. The predicted octanol–water partition coefficient (Wildman–Crippen LogP) is 2.54. The summed E-state index contributed by atoms with van der Waals surface area (Å²) < 4.78 is 6.82. The first kappa shape index (κ1) is 22.2. The van der Waals surface area contributed by atoms with Crippen molar-refractivity contribution >= 4 is 40.0 Å². The Labute approximate surface area is 200 Å². The molecule has 4 aromatic rings. The molecule has 0 radical (unpaired) electrons. The highest BCUT2D eigenvalue weighted by Gasteiger charge is 2.26. The van der Waals surface area contributed by atoms with Gasteiger partial charge in [-0.1, -0.05) is 11.2 Å². The maximum absolute atomic E-state index is 13.4. The molecule has 2 amide bonds. The zero-order valence-corrected chi connectivity index (χ0v) is 19.8. The van der Waals surface area contributed by atoms with E-state index < -0.39 is 0 Å². The minimum atomic E-state index is -0.155. The van der Waals surface area contributed by atoms with Gasteiger partial charge in [0.1, 0.15) is 5.76 Å². The number of aryl methyl sites for hydroxylation is 2. The van der Waals surface area contributed by atoms with Crippen LogP contribution in [0.5, 0.6) is 0 Å². The maximum atomic E-state index is 13.4. The summed E-state index contributed by atoms with van der Waals surface area (Å²) in [5.74, 6) is 0.860. The van der Waals surface area contributed by atoms with E-state index in [1.807, 2.05) is 38.9 Å². The molecule has 1 aliphatic heterocycles. The number of rotatable bonds is 6. The van der Waals surface area contributed by atoms with Crippen LogP contribution < -0.4 is 5.32 Å². The van der Waals surface area contributed by atoms with Gasteiger partial charge in [0, 0.05) is 42.8 Å². The van der Waals surface area contributed by atoms with Gasteiger partial charge in [0.25, 0.3) is 5.91 Å². The second kappa shape index (κ2) is 9.35. The molecule has 1 aliphatic rings. The number of aromatic nitrogens is 4. The summed E-state index contributed by atoms with van der Waals surface area (Å²) in [6.07, 6.45) is 1.73. The number of carbonyl (C=O) groups is 2. The van der Waals surface area contributed by atoms with Gasteiger partial charge < -0.3 is 14.7 Å². The molecule has 0 spiro atoms. The summed E-state index contributed by atoms with van der Waals surface area (Å²) in [6, 6.07) is 7.58. The van der Waals surface area contributed by atoms with E-state index in [-0.39, 0.29) is 18.4 Å². The van der Waals surface area contributed by atoms with Gasteiger partial charge in [0.15, 0.2) is 11.5 Å². The van der Waals surface area contributed by atoms with Crippen LogP contribution in [0, 0.1) is 13.8 Å². The van der Waals surface area contributed by atoms with Crippen molar-refractivity contribution in [3.63, 3.8) is 0 Å². The van der Waals surface area contributed by atoms with Crippen LogP contribution in [0.25, 0.3) is 11.0 Å². The summed E-state index contributed by atoms with van der Waals surface area (Å²) in [6.45, 7) is 6.84. The minimum absolute atomic E-state index is 0.0339. The van der Waals surface area contributed by atoms with Crippen molar-refractivity contribution < 1.29 is 14.1 Å². The second-order valence-electron chi connectivity index (χ2n) is 8.37. The Morgan fingerprint density at radius 2 is 2.00 bits per heavy atom. The predicted molar refractivity (Wildman–Crippen MR) is 128 cm³/mol. The molecule has 5 rings (SSSR count). The van der Waals surface area contributed by atoms with Crippen LogP contribution in [0.4, 0.5) is 5.82 Å². The number of anilines is 1. The fraction of sp³-hybridized carbons (Fsp3) is 0.348. The summed E-state index contributed by atoms with van der Waals surface area (Å²) in [5.41, 5.74) is 2.12. The third kappa shape index (κ3) is 4.70. The third-order valence-corrected chi connectivity index (χ3v) is 6.64. The number of pyridine rings is 1. The van der Waals surface area contributed by atoms with Crippen LogP contribution in [0.15, 0.2) is 40.4 Å². The fourth-order valence-corrected chi connectivity index (χ4v) is 4.79. The molecule has 1 saturated heterocycles. The van der Waals surface area contributed by atoms with E-state index in [1.54, 1.807) is 30.5 Å². The van der Waals surface area contributed by atoms with Gasteiger partial charge in [-0.05, 0) is 31.4 Å². The first-order valence-electron chi connectivity index (χ1n) is 11.1. The van der Waals surface area contributed by atoms with E-state index in [4.69, 9.17) is 4.52 Å². The molecule has 11 heteroatoms. The Morgan fingerprint density at radius 1 is 1.18 bits per heavy atom. The highest BCUT2D eigenvalue weighted by molar-refractivity contribution is 7.09. The van der Waals surface area contributed by atoms with E-state index in [0.29, 0.717) is 49.9 Å². The number of carbonyl (C=O) groups excluding carboxylic acids is 2. The molecule has 0 aliphatic carbocycles. The van der Waals surface area contributed by atoms with Crippen LogP contribution in [0.1, 0.15) is 26.7 Å². The third-order valence-electron chi connectivity index (χ3n) is 5.78. The number of hydrogen-bond donors (Lipinski definition) is 1. The average molecular weight is 480 g/mol. The van der Waals surface area contributed by atoms with Gasteiger partial charge >= 0.3 is 0 Å². The largest absolute Gasteiger partial charge is 0.360 e. The highest BCUT2D eigenvalue weighted by Crippen LogP contribution is 2.22. The molecule has 0 atom stereocenters. The molecule has 0 bridgehead atoms. The van der Waals surface area contributed by atoms with Gasteiger partial charge in [-0.3, -0.25) is 14.5 Å². The van der Waals surface area contributed by atoms with Gasteiger partial charge in [-0.2, -0.15) is 5.10 Å². The smallest absolute Gasteiger partial charge is 0.254 e. The van der Waals surface area contributed by atoms with Gasteiger partial charge in [-0.15, -0.1) is 11.3 Å². The summed E-state index contributed by atoms with van der Waals surface area (Å²) in [4.78, 5) is 35.4. The number of amides is 2. The Balaban J connectivity index is 1.24. The van der Waals surface area contributed by atoms with Crippen molar-refractivity contribution in [1.82, 2.24) is 29.7 Å². The number of fused-ring (bicyclic) bond motifs is 1. The molecule has 0 aromatic carbocycles.